The van der Waals surface area contributed by atoms with Crippen molar-refractivity contribution in [1.82, 2.24) is 19.7 Å². The van der Waals surface area contributed by atoms with Crippen molar-refractivity contribution in [2.24, 2.45) is 0 Å². The van der Waals surface area contributed by atoms with Crippen molar-refractivity contribution in [1.29, 1.82) is 0 Å². The van der Waals surface area contributed by atoms with E-state index >= 15 is 0 Å². The van der Waals surface area contributed by atoms with E-state index in [1.54, 1.807) is 24.3 Å². The fourth-order valence-electron chi connectivity index (χ4n) is 3.63. The van der Waals surface area contributed by atoms with Crippen LogP contribution in [-0.2, 0) is 4.79 Å². The Balaban J connectivity index is 1.56. The average Bonchev–Trinajstić information content (AvgIpc) is 3.48. The minimum atomic E-state index is -0.324. The number of amides is 2. The highest BCUT2D eigenvalue weighted by molar-refractivity contribution is 8.00. The highest BCUT2D eigenvalue weighted by Crippen LogP contribution is 2.41. The van der Waals surface area contributed by atoms with E-state index in [1.807, 2.05) is 0 Å². The van der Waals surface area contributed by atoms with Gasteiger partial charge in [-0.25, -0.2) is 0 Å². The summed E-state index contributed by atoms with van der Waals surface area (Å²) in [6.45, 7) is 4.67. The van der Waals surface area contributed by atoms with Gasteiger partial charge in [-0.05, 0) is 49.9 Å². The lowest BCUT2D eigenvalue weighted by atomic mass is 10.2. The Morgan fingerprint density at radius 3 is 2.52 bits per heavy atom. The lowest BCUT2D eigenvalue weighted by Gasteiger charge is -2.22. The normalized spacial score (nSPS) is 20.2. The number of nitrogens with zero attached hydrogens (tertiary/aromatic N) is 4. The molecule has 1 aromatic heterocycles. The minimum absolute atomic E-state index is 0.135. The zero-order chi connectivity index (χ0) is 20.5. The number of halogens is 1. The predicted molar refractivity (Wildman–Crippen MR) is 113 cm³/mol. The van der Waals surface area contributed by atoms with Crippen LogP contribution in [-0.4, -0.2) is 43.3 Å². The van der Waals surface area contributed by atoms with E-state index in [2.05, 4.69) is 28.6 Å². The van der Waals surface area contributed by atoms with Gasteiger partial charge in [-0.3, -0.25) is 14.5 Å². The predicted octanol–water partition coefficient (Wildman–Crippen LogP) is 4.70. The maximum atomic E-state index is 13.3. The molecule has 6 nitrogen and oxygen atoms in total. The highest BCUT2D eigenvalue weighted by atomic mass is 35.5. The maximum Gasteiger partial charge on any atom is 0.260 e. The Hall–Kier alpha value is -1.86. The molecule has 2 fully saturated rings. The molecule has 1 aliphatic heterocycles. The summed E-state index contributed by atoms with van der Waals surface area (Å²) in [5.74, 6) is 0.866. The first kappa shape index (κ1) is 20.4. The molecule has 2 heterocycles. The van der Waals surface area contributed by atoms with E-state index in [9.17, 15) is 9.59 Å². The largest absolute Gasteiger partial charge is 0.303 e. The smallest absolute Gasteiger partial charge is 0.260 e. The summed E-state index contributed by atoms with van der Waals surface area (Å²) in [6, 6.07) is 7.13. The number of thioether (sulfide) groups is 1. The highest BCUT2D eigenvalue weighted by Gasteiger charge is 2.36. The molecule has 1 unspecified atom stereocenters. The van der Waals surface area contributed by atoms with Gasteiger partial charge in [-0.2, -0.15) is 0 Å². The molecule has 154 valence electrons. The summed E-state index contributed by atoms with van der Waals surface area (Å²) in [5.41, 5.74) is 0.483. The van der Waals surface area contributed by atoms with Gasteiger partial charge in [0.05, 0.1) is 5.25 Å². The van der Waals surface area contributed by atoms with E-state index in [-0.39, 0.29) is 23.0 Å². The second kappa shape index (κ2) is 8.48. The number of imide groups is 1. The van der Waals surface area contributed by atoms with Crippen LogP contribution in [0.15, 0.2) is 29.4 Å². The van der Waals surface area contributed by atoms with Gasteiger partial charge in [-0.15, -0.1) is 10.2 Å². The van der Waals surface area contributed by atoms with Gasteiger partial charge in [0.25, 0.3) is 5.91 Å². The minimum Gasteiger partial charge on any atom is -0.303 e. The van der Waals surface area contributed by atoms with Gasteiger partial charge in [0.1, 0.15) is 5.82 Å². The van der Waals surface area contributed by atoms with Gasteiger partial charge in [-0.1, -0.05) is 43.6 Å². The topological polar surface area (TPSA) is 68.1 Å². The molecule has 1 aliphatic carbocycles. The maximum absolute atomic E-state index is 13.3. The van der Waals surface area contributed by atoms with Crippen LogP contribution in [0.3, 0.4) is 0 Å². The van der Waals surface area contributed by atoms with Crippen molar-refractivity contribution in [2.75, 3.05) is 6.54 Å². The van der Waals surface area contributed by atoms with Crippen LogP contribution in [0.5, 0.6) is 0 Å². The van der Waals surface area contributed by atoms with Crippen LogP contribution in [0, 0.1) is 0 Å². The van der Waals surface area contributed by atoms with E-state index in [0.717, 1.165) is 43.1 Å². The third-order valence-corrected chi connectivity index (χ3v) is 6.81. The number of rotatable bonds is 5. The Bertz CT molecular complexity index is 908. The molecule has 2 amide bonds. The lowest BCUT2D eigenvalue weighted by molar-refractivity contribution is -0.127. The van der Waals surface area contributed by atoms with Gasteiger partial charge >= 0.3 is 0 Å². The molecule has 1 saturated heterocycles. The number of hydrogen-bond acceptors (Lipinski definition) is 5. The summed E-state index contributed by atoms with van der Waals surface area (Å²) >= 11 is 7.39. The van der Waals surface area contributed by atoms with Crippen LogP contribution in [0.2, 0.25) is 5.02 Å². The first-order chi connectivity index (χ1) is 14.0. The number of hydrogen-bond donors (Lipinski definition) is 0. The molecule has 4 rings (SSSR count). The van der Waals surface area contributed by atoms with Crippen molar-refractivity contribution in [2.45, 2.75) is 68.3 Å². The quantitative estimate of drug-likeness (QED) is 0.640. The molecule has 1 atom stereocenters. The molecular weight excluding hydrogens is 408 g/mol. The van der Waals surface area contributed by atoms with E-state index in [1.165, 1.54) is 16.7 Å². The van der Waals surface area contributed by atoms with Crippen molar-refractivity contribution < 1.29 is 9.59 Å². The van der Waals surface area contributed by atoms with Gasteiger partial charge in [0, 0.05) is 29.1 Å². The Morgan fingerprint density at radius 2 is 1.86 bits per heavy atom. The summed E-state index contributed by atoms with van der Waals surface area (Å²) in [5, 5.41) is 9.83. The van der Waals surface area contributed by atoms with Crippen molar-refractivity contribution in [3.05, 3.63) is 40.7 Å². The van der Waals surface area contributed by atoms with Gasteiger partial charge < -0.3 is 4.57 Å². The number of carbonyl (C=O) groups is 2. The molecule has 0 radical (unpaired) electrons. The molecule has 0 N–H and O–H groups in total. The Kier molecular flexibility index (Phi) is 5.97. The van der Waals surface area contributed by atoms with Crippen molar-refractivity contribution in [3.63, 3.8) is 0 Å². The van der Waals surface area contributed by atoms with Gasteiger partial charge in [0.2, 0.25) is 5.91 Å². The Labute approximate surface area is 180 Å². The number of aromatic nitrogens is 3. The fourth-order valence-corrected chi connectivity index (χ4v) is 4.97. The molecular formula is C21H25ClN4O2S. The monoisotopic (exact) mass is 432 g/mol. The Morgan fingerprint density at radius 1 is 1.14 bits per heavy atom. The summed E-state index contributed by atoms with van der Waals surface area (Å²) in [4.78, 5) is 27.6. The summed E-state index contributed by atoms with van der Waals surface area (Å²) in [7, 11) is 0. The summed E-state index contributed by atoms with van der Waals surface area (Å²) < 4.78 is 2.21. The van der Waals surface area contributed by atoms with Crippen LogP contribution >= 0.6 is 23.4 Å². The zero-order valence-electron chi connectivity index (χ0n) is 16.7. The summed E-state index contributed by atoms with van der Waals surface area (Å²) in [6.07, 6.45) is 4.72. The second-order valence-corrected chi connectivity index (χ2v) is 9.61. The number of carbonyl (C=O) groups excluding carboxylic acids is 2. The lowest BCUT2D eigenvalue weighted by Crippen LogP contribution is -2.41. The van der Waals surface area contributed by atoms with Crippen LogP contribution in [0.1, 0.15) is 74.1 Å². The number of likely N-dealkylation sites (tertiary alicyclic amines) is 1. The molecule has 8 heteroatoms. The molecule has 2 aliphatic rings. The molecule has 29 heavy (non-hydrogen) atoms. The third kappa shape index (κ3) is 4.36. The van der Waals surface area contributed by atoms with Crippen LogP contribution in [0.25, 0.3) is 0 Å². The first-order valence-corrected chi connectivity index (χ1v) is 11.4. The van der Waals surface area contributed by atoms with Crippen molar-refractivity contribution in [3.8, 4) is 0 Å². The van der Waals surface area contributed by atoms with E-state index < -0.39 is 0 Å². The number of benzene rings is 1. The third-order valence-electron chi connectivity index (χ3n) is 5.34. The second-order valence-electron chi connectivity index (χ2n) is 8.00. The first-order valence-electron chi connectivity index (χ1n) is 10.2. The molecule has 0 bridgehead atoms. The van der Waals surface area contributed by atoms with E-state index in [4.69, 9.17) is 11.6 Å². The molecule has 1 saturated carbocycles. The molecule has 2 aromatic rings. The van der Waals surface area contributed by atoms with Gasteiger partial charge in [0.15, 0.2) is 5.16 Å². The van der Waals surface area contributed by atoms with Crippen molar-refractivity contribution >= 4 is 35.2 Å². The molecule has 1 aromatic carbocycles. The average molecular weight is 433 g/mol. The SMILES string of the molecule is CC(C)c1nnc(SC2CCCCN(C(=O)c3ccc(Cl)cc3)C2=O)n1C1CC1. The molecule has 0 spiro atoms. The fraction of sp³-hybridized carbons (Fsp3) is 0.524. The van der Waals surface area contributed by atoms with Crippen LogP contribution < -0.4 is 0 Å². The van der Waals surface area contributed by atoms with E-state index in [0.29, 0.717) is 23.2 Å². The zero-order valence-corrected chi connectivity index (χ0v) is 18.2. The standard InChI is InChI=1S/C21H25ClN4O2S/c1-13(2)18-23-24-21(26(18)16-10-11-16)29-17-5-3-4-12-25(20(17)28)19(27)14-6-8-15(22)9-7-14/h6-9,13,16-17H,3-5,10-12H2,1-2H3. The van der Waals surface area contributed by atoms with Crippen LogP contribution in [0.4, 0.5) is 0 Å².